The SMILES string of the molecule is O=C(NCCO)c1cnn2c(C(F)(F)F)cc(-c3cccc4ccccc34)nc12. The zero-order chi connectivity index (χ0) is 20.6. The van der Waals surface area contributed by atoms with Crippen LogP contribution in [0.2, 0.25) is 0 Å². The fraction of sp³-hybridized carbons (Fsp3) is 0.150. The Labute approximate surface area is 162 Å². The van der Waals surface area contributed by atoms with Gasteiger partial charge >= 0.3 is 6.18 Å². The molecule has 0 spiro atoms. The minimum absolute atomic E-state index is 0.0364. The molecule has 0 saturated carbocycles. The molecule has 0 aliphatic heterocycles. The van der Waals surface area contributed by atoms with Crippen LogP contribution in [0.5, 0.6) is 0 Å². The summed E-state index contributed by atoms with van der Waals surface area (Å²) in [6, 6.07) is 13.5. The van der Waals surface area contributed by atoms with Crippen molar-refractivity contribution in [1.29, 1.82) is 0 Å². The lowest BCUT2D eigenvalue weighted by Crippen LogP contribution is -2.26. The van der Waals surface area contributed by atoms with Gasteiger partial charge < -0.3 is 10.4 Å². The highest BCUT2D eigenvalue weighted by Crippen LogP contribution is 2.34. The zero-order valence-electron chi connectivity index (χ0n) is 14.9. The Balaban J connectivity index is 1.98. The number of benzene rings is 2. The number of carbonyl (C=O) groups is 1. The number of halogens is 3. The van der Waals surface area contributed by atoms with E-state index in [1.807, 2.05) is 18.2 Å². The van der Waals surface area contributed by atoms with Crippen molar-refractivity contribution >= 4 is 22.3 Å². The van der Waals surface area contributed by atoms with Crippen LogP contribution in [0.4, 0.5) is 13.2 Å². The van der Waals surface area contributed by atoms with Crippen LogP contribution >= 0.6 is 0 Å². The number of rotatable bonds is 4. The largest absolute Gasteiger partial charge is 0.433 e. The summed E-state index contributed by atoms with van der Waals surface area (Å²) in [5.74, 6) is -0.662. The third-order valence-corrected chi connectivity index (χ3v) is 4.47. The fourth-order valence-corrected chi connectivity index (χ4v) is 3.18. The fourth-order valence-electron chi connectivity index (χ4n) is 3.18. The number of hydrogen-bond acceptors (Lipinski definition) is 4. The van der Waals surface area contributed by atoms with Gasteiger partial charge in [0.1, 0.15) is 5.56 Å². The second kappa shape index (κ2) is 7.17. The van der Waals surface area contributed by atoms with Gasteiger partial charge in [-0.25, -0.2) is 9.50 Å². The molecule has 0 radical (unpaired) electrons. The van der Waals surface area contributed by atoms with E-state index in [4.69, 9.17) is 5.11 Å². The molecule has 2 heterocycles. The number of hydrogen-bond donors (Lipinski definition) is 2. The normalized spacial score (nSPS) is 11.9. The molecule has 2 N–H and O–H groups in total. The summed E-state index contributed by atoms with van der Waals surface area (Å²) in [6.45, 7) is -0.335. The van der Waals surface area contributed by atoms with Crippen molar-refractivity contribution in [3.63, 3.8) is 0 Å². The van der Waals surface area contributed by atoms with Gasteiger partial charge in [-0.2, -0.15) is 18.3 Å². The van der Waals surface area contributed by atoms with E-state index in [1.54, 1.807) is 24.3 Å². The molecule has 1 amide bonds. The molecular formula is C20H15F3N4O2. The first-order chi connectivity index (χ1) is 13.9. The molecule has 4 rings (SSSR count). The van der Waals surface area contributed by atoms with Crippen LogP contribution in [0.3, 0.4) is 0 Å². The van der Waals surface area contributed by atoms with Gasteiger partial charge in [-0.05, 0) is 16.8 Å². The molecule has 4 aromatic rings. The van der Waals surface area contributed by atoms with Crippen LogP contribution in [0.25, 0.3) is 27.7 Å². The topological polar surface area (TPSA) is 79.5 Å². The molecule has 0 fully saturated rings. The maximum absolute atomic E-state index is 13.7. The first-order valence-corrected chi connectivity index (χ1v) is 8.73. The highest BCUT2D eigenvalue weighted by Gasteiger charge is 2.36. The van der Waals surface area contributed by atoms with Crippen LogP contribution in [0.1, 0.15) is 16.1 Å². The van der Waals surface area contributed by atoms with Gasteiger partial charge in [0.05, 0.1) is 18.5 Å². The Kier molecular flexibility index (Phi) is 4.67. The number of carbonyl (C=O) groups excluding carboxylic acids is 1. The summed E-state index contributed by atoms with van der Waals surface area (Å²) >= 11 is 0. The van der Waals surface area contributed by atoms with Crippen molar-refractivity contribution in [2.45, 2.75) is 6.18 Å². The third kappa shape index (κ3) is 3.40. The maximum atomic E-state index is 13.7. The number of nitrogens with one attached hydrogen (secondary N) is 1. The number of aromatic nitrogens is 3. The number of amides is 1. The summed E-state index contributed by atoms with van der Waals surface area (Å²) in [5, 5.41) is 16.6. The second-order valence-electron chi connectivity index (χ2n) is 6.32. The second-order valence-corrected chi connectivity index (χ2v) is 6.32. The van der Waals surface area contributed by atoms with Gasteiger partial charge in [0, 0.05) is 12.1 Å². The van der Waals surface area contributed by atoms with Crippen molar-refractivity contribution in [2.75, 3.05) is 13.2 Å². The monoisotopic (exact) mass is 400 g/mol. The van der Waals surface area contributed by atoms with Crippen molar-refractivity contribution in [3.8, 4) is 11.3 Å². The molecule has 0 unspecified atom stereocenters. The standard InChI is InChI=1S/C20H15F3N4O2/c21-20(22,23)17-10-16(14-7-3-5-12-4-1-2-6-13(12)14)26-18-15(11-25-27(17)18)19(29)24-8-9-28/h1-7,10-11,28H,8-9H2,(H,24,29). The average Bonchev–Trinajstić information content (AvgIpc) is 3.14. The molecule has 0 aliphatic carbocycles. The van der Waals surface area contributed by atoms with E-state index in [0.29, 0.717) is 10.1 Å². The molecule has 0 saturated heterocycles. The molecule has 0 bridgehead atoms. The van der Waals surface area contributed by atoms with Gasteiger partial charge in [-0.1, -0.05) is 42.5 Å². The van der Waals surface area contributed by atoms with E-state index in [0.717, 1.165) is 23.0 Å². The number of nitrogens with zero attached hydrogens (tertiary/aromatic N) is 3. The Morgan fingerprint density at radius 1 is 1.14 bits per heavy atom. The van der Waals surface area contributed by atoms with E-state index >= 15 is 0 Å². The lowest BCUT2D eigenvalue weighted by atomic mass is 10.0. The van der Waals surface area contributed by atoms with E-state index in [2.05, 4.69) is 15.4 Å². The van der Waals surface area contributed by atoms with E-state index in [-0.39, 0.29) is 30.1 Å². The molecule has 148 valence electrons. The van der Waals surface area contributed by atoms with Crippen LogP contribution < -0.4 is 5.32 Å². The summed E-state index contributed by atoms with van der Waals surface area (Å²) in [5.41, 5.74) is -0.756. The quantitative estimate of drug-likeness (QED) is 0.551. The molecule has 6 nitrogen and oxygen atoms in total. The molecular weight excluding hydrogens is 385 g/mol. The van der Waals surface area contributed by atoms with Crippen LogP contribution in [0.15, 0.2) is 54.7 Å². The molecule has 29 heavy (non-hydrogen) atoms. The van der Waals surface area contributed by atoms with Crippen molar-refractivity contribution in [2.24, 2.45) is 0 Å². The molecule has 2 aromatic heterocycles. The van der Waals surface area contributed by atoms with Gasteiger partial charge in [0.25, 0.3) is 5.91 Å². The highest BCUT2D eigenvalue weighted by molar-refractivity contribution is 6.00. The minimum atomic E-state index is -4.70. The summed E-state index contributed by atoms with van der Waals surface area (Å²) in [6.07, 6.45) is -3.66. The lowest BCUT2D eigenvalue weighted by molar-refractivity contribution is -0.142. The zero-order valence-corrected chi connectivity index (χ0v) is 14.9. The van der Waals surface area contributed by atoms with Crippen molar-refractivity contribution in [1.82, 2.24) is 19.9 Å². The first-order valence-electron chi connectivity index (χ1n) is 8.73. The van der Waals surface area contributed by atoms with E-state index < -0.39 is 17.8 Å². The Morgan fingerprint density at radius 2 is 1.90 bits per heavy atom. The van der Waals surface area contributed by atoms with Crippen molar-refractivity contribution < 1.29 is 23.1 Å². The first kappa shape index (κ1) is 18.9. The Morgan fingerprint density at radius 3 is 2.66 bits per heavy atom. The summed E-state index contributed by atoms with van der Waals surface area (Å²) < 4.78 is 41.8. The number of alkyl halides is 3. The predicted octanol–water partition coefficient (Wildman–Crippen LogP) is 3.29. The predicted molar refractivity (Wildman–Crippen MR) is 100 cm³/mol. The highest BCUT2D eigenvalue weighted by atomic mass is 19.4. The Hall–Kier alpha value is -3.46. The van der Waals surface area contributed by atoms with Crippen LogP contribution in [0, 0.1) is 0 Å². The van der Waals surface area contributed by atoms with Gasteiger partial charge in [-0.3, -0.25) is 4.79 Å². The van der Waals surface area contributed by atoms with Crippen molar-refractivity contribution in [3.05, 3.63) is 66.0 Å². The van der Waals surface area contributed by atoms with E-state index in [9.17, 15) is 18.0 Å². The molecule has 0 aliphatic rings. The maximum Gasteiger partial charge on any atom is 0.433 e. The smallest absolute Gasteiger partial charge is 0.395 e. The van der Waals surface area contributed by atoms with Crippen LogP contribution in [-0.2, 0) is 6.18 Å². The number of fused-ring (bicyclic) bond motifs is 2. The summed E-state index contributed by atoms with van der Waals surface area (Å²) in [7, 11) is 0. The molecule has 9 heteroatoms. The molecule has 2 aromatic carbocycles. The summed E-state index contributed by atoms with van der Waals surface area (Å²) in [4.78, 5) is 16.6. The van der Waals surface area contributed by atoms with Gasteiger partial charge in [0.15, 0.2) is 11.3 Å². The van der Waals surface area contributed by atoms with Gasteiger partial charge in [0.2, 0.25) is 0 Å². The van der Waals surface area contributed by atoms with Crippen LogP contribution in [-0.4, -0.2) is 38.8 Å². The Bertz CT molecular complexity index is 1210. The average molecular weight is 400 g/mol. The van der Waals surface area contributed by atoms with E-state index in [1.165, 1.54) is 0 Å². The third-order valence-electron chi connectivity index (χ3n) is 4.47. The minimum Gasteiger partial charge on any atom is -0.395 e. The lowest BCUT2D eigenvalue weighted by Gasteiger charge is -2.13. The molecule has 0 atom stereocenters. The number of aliphatic hydroxyl groups is 1. The number of aliphatic hydroxyl groups excluding tert-OH is 1. The van der Waals surface area contributed by atoms with Gasteiger partial charge in [-0.15, -0.1) is 0 Å².